The first-order valence-corrected chi connectivity index (χ1v) is 10.2. The first kappa shape index (κ1) is 18.1. The highest BCUT2D eigenvalue weighted by atomic mass is 32.1. The molecule has 0 saturated carbocycles. The van der Waals surface area contributed by atoms with Crippen LogP contribution in [0.4, 0.5) is 5.13 Å². The van der Waals surface area contributed by atoms with E-state index in [1.807, 2.05) is 54.8 Å². The van der Waals surface area contributed by atoms with Crippen molar-refractivity contribution in [3.05, 3.63) is 57.7 Å². The van der Waals surface area contributed by atoms with E-state index in [1.165, 1.54) is 27.4 Å². The van der Waals surface area contributed by atoms with Crippen LogP contribution in [-0.2, 0) is 11.2 Å². The Morgan fingerprint density at radius 1 is 1.14 bits per heavy atom. The van der Waals surface area contributed by atoms with E-state index in [2.05, 4.69) is 31.0 Å². The monoisotopic (exact) mass is 409 g/mol. The molecule has 10 heteroatoms. The van der Waals surface area contributed by atoms with Crippen LogP contribution < -0.4 is 5.32 Å². The van der Waals surface area contributed by atoms with E-state index >= 15 is 0 Å². The van der Waals surface area contributed by atoms with Gasteiger partial charge in [-0.15, -0.1) is 26.6 Å². The number of benzene rings is 1. The molecule has 1 amide bonds. The normalized spacial score (nSPS) is 11.5. The SMILES string of the molecule is CCc1nnc(NC(=O)/C(=C/c2cccs2)n2nnnc2-c2ccccc2)s1. The fourth-order valence-electron chi connectivity index (χ4n) is 2.46. The minimum atomic E-state index is -0.364. The maximum atomic E-state index is 13.1. The number of amides is 1. The smallest absolute Gasteiger partial charge is 0.276 e. The summed E-state index contributed by atoms with van der Waals surface area (Å²) in [6.07, 6.45) is 2.52. The summed E-state index contributed by atoms with van der Waals surface area (Å²) < 4.78 is 1.44. The number of nitrogens with zero attached hydrogens (tertiary/aromatic N) is 6. The lowest BCUT2D eigenvalue weighted by molar-refractivity contribution is -0.111. The third-order valence-electron chi connectivity index (χ3n) is 3.77. The van der Waals surface area contributed by atoms with Gasteiger partial charge in [-0.05, 0) is 34.4 Å². The van der Waals surface area contributed by atoms with E-state index in [-0.39, 0.29) is 5.91 Å². The van der Waals surface area contributed by atoms with Crippen molar-refractivity contribution in [2.75, 3.05) is 5.32 Å². The van der Waals surface area contributed by atoms with Crippen LogP contribution in [0.25, 0.3) is 23.2 Å². The molecule has 0 unspecified atom stereocenters. The molecule has 0 saturated heterocycles. The first-order chi connectivity index (χ1) is 13.7. The van der Waals surface area contributed by atoms with Crippen LogP contribution in [0.3, 0.4) is 0 Å². The third-order valence-corrected chi connectivity index (χ3v) is 5.58. The molecule has 3 heterocycles. The fourth-order valence-corrected chi connectivity index (χ4v) is 3.78. The number of thiophene rings is 1. The number of aryl methyl sites for hydroxylation is 1. The Labute approximate surface area is 168 Å². The van der Waals surface area contributed by atoms with E-state index in [0.717, 1.165) is 21.9 Å². The van der Waals surface area contributed by atoms with Gasteiger partial charge in [0.05, 0.1) is 0 Å². The number of hydrogen-bond donors (Lipinski definition) is 1. The maximum absolute atomic E-state index is 13.1. The average Bonchev–Trinajstić information content (AvgIpc) is 3.48. The second-order valence-electron chi connectivity index (χ2n) is 5.63. The maximum Gasteiger partial charge on any atom is 0.276 e. The number of anilines is 1. The molecule has 0 bridgehead atoms. The fraction of sp³-hybridized carbons (Fsp3) is 0.111. The third kappa shape index (κ3) is 3.87. The molecule has 140 valence electrons. The van der Waals surface area contributed by atoms with Gasteiger partial charge in [0.1, 0.15) is 10.7 Å². The number of hydrogen-bond acceptors (Lipinski definition) is 8. The van der Waals surface area contributed by atoms with Crippen LogP contribution in [0.2, 0.25) is 0 Å². The second kappa shape index (κ2) is 8.19. The van der Waals surface area contributed by atoms with Crippen molar-refractivity contribution in [1.82, 2.24) is 30.4 Å². The summed E-state index contributed by atoms with van der Waals surface area (Å²) in [6.45, 7) is 1.99. The minimum Gasteiger partial charge on any atom is -0.295 e. The van der Waals surface area contributed by atoms with Gasteiger partial charge in [-0.1, -0.05) is 54.7 Å². The van der Waals surface area contributed by atoms with Crippen LogP contribution in [0.5, 0.6) is 0 Å². The van der Waals surface area contributed by atoms with Crippen LogP contribution >= 0.6 is 22.7 Å². The summed E-state index contributed by atoms with van der Waals surface area (Å²) >= 11 is 2.86. The molecular weight excluding hydrogens is 394 g/mol. The van der Waals surface area contributed by atoms with Crippen molar-refractivity contribution in [3.63, 3.8) is 0 Å². The number of tetrazole rings is 1. The van der Waals surface area contributed by atoms with Crippen molar-refractivity contribution < 1.29 is 4.79 Å². The molecule has 8 nitrogen and oxygen atoms in total. The van der Waals surface area contributed by atoms with E-state index < -0.39 is 0 Å². The highest BCUT2D eigenvalue weighted by molar-refractivity contribution is 7.15. The molecule has 0 aliphatic carbocycles. The molecule has 0 atom stereocenters. The highest BCUT2D eigenvalue weighted by Crippen LogP contribution is 2.24. The number of rotatable bonds is 6. The summed E-state index contributed by atoms with van der Waals surface area (Å²) in [4.78, 5) is 14.0. The molecule has 4 aromatic rings. The van der Waals surface area contributed by atoms with Gasteiger partial charge in [-0.2, -0.15) is 4.68 Å². The van der Waals surface area contributed by atoms with Crippen molar-refractivity contribution in [3.8, 4) is 11.4 Å². The zero-order valence-corrected chi connectivity index (χ0v) is 16.4. The Balaban J connectivity index is 1.73. The Kier molecular flexibility index (Phi) is 5.31. The molecule has 0 fully saturated rings. The van der Waals surface area contributed by atoms with Crippen molar-refractivity contribution in [1.29, 1.82) is 0 Å². The van der Waals surface area contributed by atoms with Gasteiger partial charge in [0, 0.05) is 10.4 Å². The standard InChI is InChI=1S/C18H15N7OS2/c1-2-15-20-22-18(28-15)19-17(26)14(11-13-9-6-10-27-13)25-16(21-23-24-25)12-7-4-3-5-8-12/h3-11H,2H2,1H3,(H,19,22,26)/b14-11-. The summed E-state index contributed by atoms with van der Waals surface area (Å²) in [5.41, 5.74) is 1.10. The topological polar surface area (TPSA) is 98.5 Å². The molecule has 3 aromatic heterocycles. The van der Waals surface area contributed by atoms with Gasteiger partial charge in [0.25, 0.3) is 5.91 Å². The molecule has 0 radical (unpaired) electrons. The zero-order chi connectivity index (χ0) is 19.3. The Hall–Kier alpha value is -3.24. The predicted molar refractivity (Wildman–Crippen MR) is 110 cm³/mol. The molecule has 0 aliphatic rings. The molecule has 28 heavy (non-hydrogen) atoms. The Morgan fingerprint density at radius 2 is 2.00 bits per heavy atom. The van der Waals surface area contributed by atoms with Crippen LogP contribution in [0.1, 0.15) is 16.8 Å². The van der Waals surface area contributed by atoms with Gasteiger partial charge in [0.2, 0.25) is 5.13 Å². The summed E-state index contributed by atoms with van der Waals surface area (Å²) in [5, 5.41) is 26.0. The lowest BCUT2D eigenvalue weighted by Crippen LogP contribution is -2.19. The molecule has 1 N–H and O–H groups in total. The van der Waals surface area contributed by atoms with Crippen molar-refractivity contribution in [2.24, 2.45) is 0 Å². The van der Waals surface area contributed by atoms with Crippen LogP contribution in [0, 0.1) is 0 Å². The lowest BCUT2D eigenvalue weighted by atomic mass is 10.2. The lowest BCUT2D eigenvalue weighted by Gasteiger charge is -2.09. The highest BCUT2D eigenvalue weighted by Gasteiger charge is 2.20. The summed E-state index contributed by atoms with van der Waals surface area (Å²) in [7, 11) is 0. The van der Waals surface area contributed by atoms with E-state index in [9.17, 15) is 4.79 Å². The van der Waals surface area contributed by atoms with Gasteiger partial charge in [-0.3, -0.25) is 10.1 Å². The molecule has 0 aliphatic heterocycles. The summed E-state index contributed by atoms with van der Waals surface area (Å²) in [5.74, 6) is 0.113. The average molecular weight is 410 g/mol. The number of aromatic nitrogens is 6. The van der Waals surface area contributed by atoms with Crippen LogP contribution in [0.15, 0.2) is 47.8 Å². The van der Waals surface area contributed by atoms with E-state index in [0.29, 0.717) is 16.7 Å². The predicted octanol–water partition coefficient (Wildman–Crippen LogP) is 3.45. The number of nitrogens with one attached hydrogen (secondary N) is 1. The first-order valence-electron chi connectivity index (χ1n) is 8.47. The number of carbonyl (C=O) groups excluding carboxylic acids is 1. The molecule has 1 aromatic carbocycles. The summed E-state index contributed by atoms with van der Waals surface area (Å²) in [6, 6.07) is 13.3. The van der Waals surface area contributed by atoms with E-state index in [1.54, 1.807) is 6.08 Å². The van der Waals surface area contributed by atoms with Crippen molar-refractivity contribution >= 4 is 45.5 Å². The largest absolute Gasteiger partial charge is 0.295 e. The quantitative estimate of drug-likeness (QED) is 0.490. The Bertz CT molecular complexity index is 1100. The minimum absolute atomic E-state index is 0.291. The Morgan fingerprint density at radius 3 is 2.71 bits per heavy atom. The molecular formula is C18H15N7OS2. The van der Waals surface area contributed by atoms with Gasteiger partial charge >= 0.3 is 0 Å². The van der Waals surface area contributed by atoms with Crippen LogP contribution in [-0.4, -0.2) is 36.3 Å². The molecule has 0 spiro atoms. The second-order valence-corrected chi connectivity index (χ2v) is 7.68. The molecule has 4 rings (SSSR count). The van der Waals surface area contributed by atoms with Crippen molar-refractivity contribution in [2.45, 2.75) is 13.3 Å². The zero-order valence-electron chi connectivity index (χ0n) is 14.8. The van der Waals surface area contributed by atoms with Gasteiger partial charge in [0.15, 0.2) is 5.82 Å². The van der Waals surface area contributed by atoms with Gasteiger partial charge < -0.3 is 0 Å². The van der Waals surface area contributed by atoms with E-state index in [4.69, 9.17) is 0 Å². The van der Waals surface area contributed by atoms with Gasteiger partial charge in [-0.25, -0.2) is 0 Å². The number of carbonyl (C=O) groups is 1.